The summed E-state index contributed by atoms with van der Waals surface area (Å²) in [6.45, 7) is 3.15. The Kier molecular flexibility index (Phi) is 5.55. The molecule has 4 heterocycles. The fourth-order valence-corrected chi connectivity index (χ4v) is 5.34. The average molecular weight is 369 g/mol. The van der Waals surface area contributed by atoms with E-state index in [1.807, 2.05) is 12.1 Å². The number of aliphatic hydroxyl groups is 1. The van der Waals surface area contributed by atoms with Gasteiger partial charge in [0.2, 0.25) is 0 Å². The molecule has 1 aromatic heterocycles. The van der Waals surface area contributed by atoms with Gasteiger partial charge in [0.25, 0.3) is 0 Å². The number of rotatable bonds is 3. The Hall–Kier alpha value is -1.41. The van der Waals surface area contributed by atoms with Crippen LogP contribution in [-0.2, 0) is 10.3 Å². The van der Waals surface area contributed by atoms with E-state index in [2.05, 4.69) is 21.7 Å². The molecular formula is C23H32N2O2. The van der Waals surface area contributed by atoms with Gasteiger partial charge in [0.15, 0.2) is 5.60 Å². The highest BCUT2D eigenvalue weighted by atomic mass is 16.5. The van der Waals surface area contributed by atoms with E-state index < -0.39 is 11.2 Å². The van der Waals surface area contributed by atoms with Crippen molar-refractivity contribution in [3.05, 3.63) is 30.1 Å². The van der Waals surface area contributed by atoms with E-state index in [4.69, 9.17) is 4.74 Å². The van der Waals surface area contributed by atoms with E-state index in [-0.39, 0.29) is 5.92 Å². The standard InChI is InChI=1S/C23H32N2O2/c1-27-22(18-25-15-10-19(22)11-16-25)12-13-23(26,21-9-6-14-24-17-21)20-7-4-2-3-5-8-20/h6,9,14,17,19-20,26H,2-5,7-8,10-11,15-16,18H2,1H3/t22-,23?/m1/s1. The molecule has 27 heavy (non-hydrogen) atoms. The lowest BCUT2D eigenvalue weighted by Crippen LogP contribution is -2.59. The molecule has 1 N–H and O–H groups in total. The molecule has 2 atom stereocenters. The molecule has 4 heteroatoms. The highest BCUT2D eigenvalue weighted by Gasteiger charge is 2.47. The van der Waals surface area contributed by atoms with Crippen LogP contribution in [0, 0.1) is 23.7 Å². The Labute approximate surface area is 163 Å². The zero-order chi connectivity index (χ0) is 18.7. The normalized spacial score (nSPS) is 33.6. The van der Waals surface area contributed by atoms with E-state index in [1.165, 1.54) is 25.7 Å². The molecule has 3 aliphatic heterocycles. The summed E-state index contributed by atoms with van der Waals surface area (Å²) in [5, 5.41) is 11.9. The number of fused-ring (bicyclic) bond motifs is 3. The van der Waals surface area contributed by atoms with Crippen LogP contribution in [0.5, 0.6) is 0 Å². The lowest BCUT2D eigenvalue weighted by molar-refractivity contribution is -0.0967. The van der Waals surface area contributed by atoms with Gasteiger partial charge < -0.3 is 9.84 Å². The van der Waals surface area contributed by atoms with Crippen LogP contribution in [0.2, 0.25) is 0 Å². The summed E-state index contributed by atoms with van der Waals surface area (Å²) < 4.78 is 6.01. The topological polar surface area (TPSA) is 45.6 Å². The minimum Gasteiger partial charge on any atom is -0.373 e. The molecule has 0 spiro atoms. The summed E-state index contributed by atoms with van der Waals surface area (Å²) in [5.41, 5.74) is -0.759. The summed E-state index contributed by atoms with van der Waals surface area (Å²) in [7, 11) is 1.78. The van der Waals surface area contributed by atoms with E-state index in [1.54, 1.807) is 19.5 Å². The van der Waals surface area contributed by atoms with Crippen LogP contribution < -0.4 is 0 Å². The van der Waals surface area contributed by atoms with Crippen molar-refractivity contribution in [2.24, 2.45) is 11.8 Å². The molecule has 0 aromatic carbocycles. The zero-order valence-electron chi connectivity index (χ0n) is 16.5. The first kappa shape index (κ1) is 18.9. The maximum atomic E-state index is 11.9. The van der Waals surface area contributed by atoms with Crippen molar-refractivity contribution >= 4 is 0 Å². The summed E-state index contributed by atoms with van der Waals surface area (Å²) in [4.78, 5) is 6.72. The Morgan fingerprint density at radius 2 is 1.93 bits per heavy atom. The SMILES string of the molecule is CO[C@]1(C#CC(O)(c2cccnc2)C2CCCCCC2)CN2CCC1CC2. The van der Waals surface area contributed by atoms with E-state index in [0.29, 0.717) is 5.92 Å². The van der Waals surface area contributed by atoms with Crippen LogP contribution >= 0.6 is 0 Å². The smallest absolute Gasteiger partial charge is 0.155 e. The molecule has 1 aliphatic carbocycles. The summed E-state index contributed by atoms with van der Waals surface area (Å²) in [6, 6.07) is 3.88. The number of hydrogen-bond donors (Lipinski definition) is 1. The van der Waals surface area contributed by atoms with E-state index in [9.17, 15) is 5.11 Å². The van der Waals surface area contributed by atoms with Crippen molar-refractivity contribution in [2.45, 2.75) is 62.6 Å². The maximum Gasteiger partial charge on any atom is 0.155 e. The van der Waals surface area contributed by atoms with Gasteiger partial charge in [-0.15, -0.1) is 0 Å². The van der Waals surface area contributed by atoms with Crippen molar-refractivity contribution < 1.29 is 9.84 Å². The largest absolute Gasteiger partial charge is 0.373 e. The highest BCUT2D eigenvalue weighted by Crippen LogP contribution is 2.40. The number of piperidine rings is 3. The molecular weight excluding hydrogens is 336 g/mol. The van der Waals surface area contributed by atoms with Crippen molar-refractivity contribution in [2.75, 3.05) is 26.7 Å². The van der Waals surface area contributed by atoms with Gasteiger partial charge in [0.05, 0.1) is 0 Å². The van der Waals surface area contributed by atoms with Crippen molar-refractivity contribution in [3.63, 3.8) is 0 Å². The lowest BCUT2D eigenvalue weighted by atomic mass is 9.73. The number of ether oxygens (including phenoxy) is 1. The number of methoxy groups -OCH3 is 1. The van der Waals surface area contributed by atoms with Crippen LogP contribution in [0.15, 0.2) is 24.5 Å². The summed E-state index contributed by atoms with van der Waals surface area (Å²) in [6.07, 6.45) is 12.7. The average Bonchev–Trinajstić information content (AvgIpc) is 3.03. The first-order valence-electron chi connectivity index (χ1n) is 10.6. The molecule has 5 rings (SSSR count). The summed E-state index contributed by atoms with van der Waals surface area (Å²) in [5.74, 6) is 7.48. The van der Waals surface area contributed by atoms with Gasteiger partial charge in [-0.25, -0.2) is 0 Å². The quantitative estimate of drug-likeness (QED) is 0.656. The van der Waals surface area contributed by atoms with Gasteiger partial charge in [0.1, 0.15) is 5.60 Å². The van der Waals surface area contributed by atoms with E-state index >= 15 is 0 Å². The molecule has 4 fully saturated rings. The molecule has 0 radical (unpaired) electrons. The third kappa shape index (κ3) is 3.66. The number of pyridine rings is 1. The fraction of sp³-hybridized carbons (Fsp3) is 0.696. The Morgan fingerprint density at radius 3 is 2.48 bits per heavy atom. The molecule has 1 saturated carbocycles. The van der Waals surface area contributed by atoms with E-state index in [0.717, 1.165) is 50.9 Å². The maximum absolute atomic E-state index is 11.9. The highest BCUT2D eigenvalue weighted by molar-refractivity contribution is 5.34. The minimum absolute atomic E-state index is 0.159. The predicted octanol–water partition coefficient (Wildman–Crippen LogP) is 3.35. The first-order chi connectivity index (χ1) is 13.2. The molecule has 3 saturated heterocycles. The lowest BCUT2D eigenvalue weighted by Gasteiger charge is -2.50. The molecule has 4 nitrogen and oxygen atoms in total. The van der Waals surface area contributed by atoms with Crippen LogP contribution in [0.3, 0.4) is 0 Å². The minimum atomic E-state index is -1.14. The van der Waals surface area contributed by atoms with Crippen LogP contribution in [0.1, 0.15) is 56.9 Å². The second kappa shape index (κ2) is 7.91. The molecule has 1 unspecified atom stereocenters. The predicted molar refractivity (Wildman–Crippen MR) is 106 cm³/mol. The van der Waals surface area contributed by atoms with Gasteiger partial charge >= 0.3 is 0 Å². The van der Waals surface area contributed by atoms with Crippen molar-refractivity contribution in [1.29, 1.82) is 0 Å². The van der Waals surface area contributed by atoms with Gasteiger partial charge in [-0.3, -0.25) is 9.88 Å². The van der Waals surface area contributed by atoms with Crippen molar-refractivity contribution in [1.82, 2.24) is 9.88 Å². The molecule has 2 bridgehead atoms. The molecule has 1 aromatic rings. The first-order valence-corrected chi connectivity index (χ1v) is 10.6. The second-order valence-electron chi connectivity index (χ2n) is 8.59. The third-order valence-corrected chi connectivity index (χ3v) is 7.08. The van der Waals surface area contributed by atoms with Crippen LogP contribution in [0.25, 0.3) is 0 Å². The number of aromatic nitrogens is 1. The van der Waals surface area contributed by atoms with Crippen molar-refractivity contribution in [3.8, 4) is 11.8 Å². The summed E-state index contributed by atoms with van der Waals surface area (Å²) >= 11 is 0. The Bertz CT molecular complexity index is 681. The Balaban J connectivity index is 1.71. The third-order valence-electron chi connectivity index (χ3n) is 7.08. The van der Waals surface area contributed by atoms with Gasteiger partial charge in [0, 0.05) is 43.4 Å². The molecule has 146 valence electrons. The van der Waals surface area contributed by atoms with Crippen LogP contribution in [0.4, 0.5) is 0 Å². The Morgan fingerprint density at radius 1 is 1.19 bits per heavy atom. The fourth-order valence-electron chi connectivity index (χ4n) is 5.34. The zero-order valence-corrected chi connectivity index (χ0v) is 16.5. The monoisotopic (exact) mass is 368 g/mol. The second-order valence-corrected chi connectivity index (χ2v) is 8.59. The van der Waals surface area contributed by atoms with Gasteiger partial charge in [-0.1, -0.05) is 43.6 Å². The van der Waals surface area contributed by atoms with Gasteiger partial charge in [-0.2, -0.15) is 0 Å². The van der Waals surface area contributed by atoms with Gasteiger partial charge in [-0.05, 0) is 44.8 Å². The number of hydrogen-bond acceptors (Lipinski definition) is 4. The number of nitrogens with zero attached hydrogens (tertiary/aromatic N) is 2. The van der Waals surface area contributed by atoms with Crippen LogP contribution in [-0.4, -0.2) is 47.3 Å². The molecule has 4 aliphatic rings. The molecule has 0 amide bonds.